The zero-order chi connectivity index (χ0) is 25.2. The first-order chi connectivity index (χ1) is 17.5. The van der Waals surface area contributed by atoms with Crippen molar-refractivity contribution in [2.45, 2.75) is 19.9 Å². The first kappa shape index (κ1) is 23.2. The SMILES string of the molecule is CCOc1ccc(/C(O)=C2\C(=O)C(=O)N(c3ccc4c(c3)OCO4)C2c2cccnc2)c(OCC)c1. The van der Waals surface area contributed by atoms with Crippen molar-refractivity contribution in [3.05, 3.63) is 77.6 Å². The lowest BCUT2D eigenvalue weighted by atomic mass is 9.95. The molecule has 0 aliphatic carbocycles. The summed E-state index contributed by atoms with van der Waals surface area (Å²) in [7, 11) is 0. The molecule has 3 heterocycles. The van der Waals surface area contributed by atoms with Crippen LogP contribution in [0.2, 0.25) is 0 Å². The van der Waals surface area contributed by atoms with Gasteiger partial charge in [0.1, 0.15) is 17.3 Å². The summed E-state index contributed by atoms with van der Waals surface area (Å²) in [6.45, 7) is 4.53. The molecule has 0 saturated carbocycles. The Morgan fingerprint density at radius 1 is 1.06 bits per heavy atom. The smallest absolute Gasteiger partial charge is 0.300 e. The molecule has 1 N–H and O–H groups in total. The molecule has 1 fully saturated rings. The third kappa shape index (κ3) is 3.98. The molecule has 3 aromatic rings. The molecule has 0 spiro atoms. The summed E-state index contributed by atoms with van der Waals surface area (Å²) in [5.74, 6) is -0.0590. The molecule has 9 nitrogen and oxygen atoms in total. The van der Waals surface area contributed by atoms with Gasteiger partial charge in [0, 0.05) is 30.2 Å². The van der Waals surface area contributed by atoms with Gasteiger partial charge in [0.15, 0.2) is 11.5 Å². The molecule has 2 aliphatic rings. The van der Waals surface area contributed by atoms with Gasteiger partial charge in [-0.1, -0.05) is 6.07 Å². The maximum absolute atomic E-state index is 13.4. The number of carbonyl (C=O) groups is 2. The number of aromatic nitrogens is 1. The second kappa shape index (κ2) is 9.61. The normalized spacial score (nSPS) is 17.9. The molecule has 1 saturated heterocycles. The van der Waals surface area contributed by atoms with Crippen LogP contribution in [0, 0.1) is 0 Å². The van der Waals surface area contributed by atoms with E-state index in [1.807, 2.05) is 13.8 Å². The monoisotopic (exact) mass is 488 g/mol. The number of aliphatic hydroxyl groups is 1. The molecule has 1 unspecified atom stereocenters. The minimum absolute atomic E-state index is 0.0710. The summed E-state index contributed by atoms with van der Waals surface area (Å²) < 4.78 is 22.2. The number of ether oxygens (including phenoxy) is 4. The van der Waals surface area contributed by atoms with Gasteiger partial charge in [-0.2, -0.15) is 0 Å². The fourth-order valence-corrected chi connectivity index (χ4v) is 4.36. The highest BCUT2D eigenvalue weighted by molar-refractivity contribution is 6.51. The summed E-state index contributed by atoms with van der Waals surface area (Å²) in [5.41, 5.74) is 1.18. The maximum Gasteiger partial charge on any atom is 0.300 e. The van der Waals surface area contributed by atoms with Crippen molar-refractivity contribution < 1.29 is 33.6 Å². The number of benzene rings is 2. The molecule has 1 amide bonds. The molecular weight excluding hydrogens is 464 g/mol. The van der Waals surface area contributed by atoms with Crippen LogP contribution in [0.1, 0.15) is 31.0 Å². The highest BCUT2D eigenvalue weighted by atomic mass is 16.7. The number of aliphatic hydroxyl groups excluding tert-OH is 1. The number of hydrogen-bond donors (Lipinski definition) is 1. The molecule has 2 aliphatic heterocycles. The van der Waals surface area contributed by atoms with Gasteiger partial charge in [-0.05, 0) is 49.7 Å². The van der Waals surface area contributed by atoms with Gasteiger partial charge in [-0.25, -0.2) is 0 Å². The summed E-state index contributed by atoms with van der Waals surface area (Å²) in [4.78, 5) is 32.3. The van der Waals surface area contributed by atoms with Gasteiger partial charge in [0.25, 0.3) is 11.7 Å². The Morgan fingerprint density at radius 3 is 2.61 bits per heavy atom. The van der Waals surface area contributed by atoms with Crippen molar-refractivity contribution in [3.63, 3.8) is 0 Å². The van der Waals surface area contributed by atoms with E-state index in [9.17, 15) is 14.7 Å². The molecule has 184 valence electrons. The minimum atomic E-state index is -0.930. The van der Waals surface area contributed by atoms with Crippen molar-refractivity contribution in [1.82, 2.24) is 4.98 Å². The Morgan fingerprint density at radius 2 is 1.86 bits per heavy atom. The number of amides is 1. The molecular formula is C27H24N2O7. The Labute approximate surface area is 207 Å². The Bertz CT molecular complexity index is 1350. The van der Waals surface area contributed by atoms with Crippen LogP contribution in [0.15, 0.2) is 66.5 Å². The number of anilines is 1. The van der Waals surface area contributed by atoms with Crippen LogP contribution in [0.3, 0.4) is 0 Å². The van der Waals surface area contributed by atoms with Gasteiger partial charge in [0.2, 0.25) is 6.79 Å². The lowest BCUT2D eigenvalue weighted by Crippen LogP contribution is -2.29. The van der Waals surface area contributed by atoms with Crippen LogP contribution in [0.25, 0.3) is 5.76 Å². The largest absolute Gasteiger partial charge is 0.507 e. The van der Waals surface area contributed by atoms with E-state index < -0.39 is 17.7 Å². The van der Waals surface area contributed by atoms with E-state index in [0.717, 1.165) is 0 Å². The summed E-state index contributed by atoms with van der Waals surface area (Å²) in [6.07, 6.45) is 3.15. The predicted molar refractivity (Wildman–Crippen MR) is 130 cm³/mol. The van der Waals surface area contributed by atoms with Crippen LogP contribution in [-0.4, -0.2) is 41.8 Å². The van der Waals surface area contributed by atoms with Crippen molar-refractivity contribution in [1.29, 1.82) is 0 Å². The first-order valence-electron chi connectivity index (χ1n) is 11.5. The van der Waals surface area contributed by atoms with Crippen molar-refractivity contribution in [2.75, 3.05) is 24.9 Å². The average Bonchev–Trinajstić information content (AvgIpc) is 3.46. The van der Waals surface area contributed by atoms with Crippen molar-refractivity contribution >= 4 is 23.1 Å². The topological polar surface area (TPSA) is 107 Å². The third-order valence-electron chi connectivity index (χ3n) is 5.90. The number of nitrogens with zero attached hydrogens (tertiary/aromatic N) is 2. The van der Waals surface area contributed by atoms with Crippen LogP contribution < -0.4 is 23.8 Å². The lowest BCUT2D eigenvalue weighted by Gasteiger charge is -2.25. The zero-order valence-electron chi connectivity index (χ0n) is 19.8. The summed E-state index contributed by atoms with van der Waals surface area (Å²) in [6, 6.07) is 12.4. The minimum Gasteiger partial charge on any atom is -0.507 e. The third-order valence-corrected chi connectivity index (χ3v) is 5.90. The second-order valence-electron chi connectivity index (χ2n) is 8.02. The van der Waals surface area contributed by atoms with E-state index >= 15 is 0 Å². The Balaban J connectivity index is 1.68. The number of pyridine rings is 1. The number of fused-ring (bicyclic) bond motifs is 1. The van der Waals surface area contributed by atoms with Crippen LogP contribution in [-0.2, 0) is 9.59 Å². The fraction of sp³-hybridized carbons (Fsp3) is 0.222. The van der Waals surface area contributed by atoms with Gasteiger partial charge < -0.3 is 24.1 Å². The van der Waals surface area contributed by atoms with E-state index in [-0.39, 0.29) is 23.7 Å². The lowest BCUT2D eigenvalue weighted by molar-refractivity contribution is -0.132. The Kier molecular flexibility index (Phi) is 6.20. The van der Waals surface area contributed by atoms with Gasteiger partial charge in [-0.15, -0.1) is 0 Å². The summed E-state index contributed by atoms with van der Waals surface area (Å²) >= 11 is 0. The molecule has 1 aromatic heterocycles. The fourth-order valence-electron chi connectivity index (χ4n) is 4.36. The summed E-state index contributed by atoms with van der Waals surface area (Å²) in [5, 5.41) is 11.5. The van der Waals surface area contributed by atoms with Gasteiger partial charge in [0.05, 0.1) is 30.4 Å². The van der Waals surface area contributed by atoms with Gasteiger partial charge >= 0.3 is 0 Å². The van der Waals surface area contributed by atoms with E-state index in [1.165, 1.54) is 4.90 Å². The van der Waals surface area contributed by atoms with E-state index in [4.69, 9.17) is 18.9 Å². The number of Topliss-reactive ketones (excluding diaryl/α,β-unsaturated/α-hetero) is 1. The van der Waals surface area contributed by atoms with E-state index in [2.05, 4.69) is 4.98 Å². The van der Waals surface area contributed by atoms with Crippen LogP contribution in [0.5, 0.6) is 23.0 Å². The maximum atomic E-state index is 13.4. The first-order valence-corrected chi connectivity index (χ1v) is 11.5. The highest BCUT2D eigenvalue weighted by Crippen LogP contribution is 2.45. The standard InChI is InChI=1S/C27H24N2O7/c1-3-33-18-8-9-19(21(13-18)34-4-2)25(30)23-24(16-6-5-11-28-14-16)29(27(32)26(23)31)17-7-10-20-22(12-17)36-15-35-20/h5-14,24,30H,3-4,15H2,1-2H3/b25-23+. The number of rotatable bonds is 7. The van der Waals surface area contributed by atoms with Crippen molar-refractivity contribution in [3.8, 4) is 23.0 Å². The quantitative estimate of drug-likeness (QED) is 0.299. The number of ketones is 1. The average molecular weight is 488 g/mol. The number of carbonyl (C=O) groups excluding carboxylic acids is 2. The van der Waals surface area contributed by atoms with Crippen LogP contribution in [0.4, 0.5) is 5.69 Å². The van der Waals surface area contributed by atoms with E-state index in [0.29, 0.717) is 47.5 Å². The highest BCUT2D eigenvalue weighted by Gasteiger charge is 2.47. The molecule has 9 heteroatoms. The molecule has 36 heavy (non-hydrogen) atoms. The molecule has 5 rings (SSSR count). The Hall–Kier alpha value is -4.53. The van der Waals surface area contributed by atoms with Crippen molar-refractivity contribution in [2.24, 2.45) is 0 Å². The van der Waals surface area contributed by atoms with Gasteiger partial charge in [-0.3, -0.25) is 19.5 Å². The van der Waals surface area contributed by atoms with Crippen LogP contribution >= 0.6 is 0 Å². The van der Waals surface area contributed by atoms with E-state index in [1.54, 1.807) is 60.9 Å². The molecule has 2 aromatic carbocycles. The molecule has 1 atom stereocenters. The number of hydrogen-bond acceptors (Lipinski definition) is 8. The predicted octanol–water partition coefficient (Wildman–Crippen LogP) is 4.23. The molecule has 0 bridgehead atoms. The second-order valence-corrected chi connectivity index (χ2v) is 8.02. The zero-order valence-corrected chi connectivity index (χ0v) is 19.8. The molecule has 0 radical (unpaired) electrons.